The molecule has 3 rings (SSSR count). The van der Waals surface area contributed by atoms with E-state index in [1.165, 1.54) is 23.4 Å². The monoisotopic (exact) mass is 449 g/mol. The molecule has 0 radical (unpaired) electrons. The van der Waals surface area contributed by atoms with Gasteiger partial charge in [0.15, 0.2) is 5.65 Å². The Kier molecular flexibility index (Phi) is 7.20. The van der Waals surface area contributed by atoms with Crippen molar-refractivity contribution in [2.75, 3.05) is 18.9 Å². The maximum atomic E-state index is 13.0. The van der Waals surface area contributed by atoms with Crippen molar-refractivity contribution in [2.45, 2.75) is 70.0 Å². The van der Waals surface area contributed by atoms with Crippen LogP contribution in [-0.2, 0) is 28.5 Å². The van der Waals surface area contributed by atoms with Gasteiger partial charge < -0.3 is 10.1 Å². The van der Waals surface area contributed by atoms with Crippen LogP contribution in [0.1, 0.15) is 52.8 Å². The fourth-order valence-electron chi connectivity index (χ4n) is 3.42. The van der Waals surface area contributed by atoms with E-state index in [0.29, 0.717) is 29.6 Å². The molecule has 0 aromatic carbocycles. The van der Waals surface area contributed by atoms with E-state index in [1.807, 2.05) is 27.7 Å². The molecular formula is C21H31N5O4S. The Balaban J connectivity index is 1.99. The van der Waals surface area contributed by atoms with Crippen molar-refractivity contribution in [1.82, 2.24) is 24.4 Å². The molecule has 0 unspecified atom stereocenters. The highest BCUT2D eigenvalue weighted by Crippen LogP contribution is 2.27. The number of aryl methyl sites for hydroxylation is 1. The minimum atomic E-state index is -0.449. The minimum absolute atomic E-state index is 0.0668. The number of thioether (sulfide) groups is 1. The predicted octanol–water partition coefficient (Wildman–Crippen LogP) is 1.58. The molecule has 0 saturated carbocycles. The van der Waals surface area contributed by atoms with Gasteiger partial charge >= 0.3 is 5.69 Å². The number of aromatic nitrogens is 4. The Hall–Kier alpha value is -2.20. The highest BCUT2D eigenvalue weighted by atomic mass is 32.2. The van der Waals surface area contributed by atoms with Crippen LogP contribution in [0.3, 0.4) is 0 Å². The van der Waals surface area contributed by atoms with Gasteiger partial charge in [-0.15, -0.1) is 0 Å². The molecule has 170 valence electrons. The molecular weight excluding hydrogens is 418 g/mol. The minimum Gasteiger partial charge on any atom is -0.376 e. The summed E-state index contributed by atoms with van der Waals surface area (Å²) in [5.41, 5.74) is -0.907. The van der Waals surface area contributed by atoms with E-state index in [-0.39, 0.29) is 28.6 Å². The summed E-state index contributed by atoms with van der Waals surface area (Å²) < 4.78 is 8.14. The number of fused-ring (bicyclic) bond motifs is 1. The summed E-state index contributed by atoms with van der Waals surface area (Å²) in [4.78, 5) is 47.3. The van der Waals surface area contributed by atoms with Gasteiger partial charge in [-0.25, -0.2) is 14.8 Å². The fourth-order valence-corrected chi connectivity index (χ4v) is 4.26. The van der Waals surface area contributed by atoms with Crippen LogP contribution in [-0.4, -0.2) is 50.0 Å². The highest BCUT2D eigenvalue weighted by molar-refractivity contribution is 8.00. The zero-order valence-electron chi connectivity index (χ0n) is 18.9. The average molecular weight is 450 g/mol. The van der Waals surface area contributed by atoms with Crippen LogP contribution in [0.25, 0.3) is 11.0 Å². The van der Waals surface area contributed by atoms with Gasteiger partial charge in [-0.3, -0.25) is 18.7 Å². The van der Waals surface area contributed by atoms with E-state index in [4.69, 9.17) is 4.74 Å². The first-order valence-electron chi connectivity index (χ1n) is 10.7. The molecule has 2 aromatic heterocycles. The van der Waals surface area contributed by atoms with E-state index < -0.39 is 11.2 Å². The molecule has 0 bridgehead atoms. The van der Waals surface area contributed by atoms with Crippen LogP contribution >= 0.6 is 11.8 Å². The smallest absolute Gasteiger partial charge is 0.332 e. The third kappa shape index (κ3) is 5.17. The van der Waals surface area contributed by atoms with E-state index in [1.54, 1.807) is 0 Å². The van der Waals surface area contributed by atoms with Crippen LogP contribution in [0.15, 0.2) is 14.6 Å². The average Bonchev–Trinajstić information content (AvgIpc) is 3.24. The molecule has 1 fully saturated rings. The first-order chi connectivity index (χ1) is 14.6. The summed E-state index contributed by atoms with van der Waals surface area (Å²) in [6.45, 7) is 9.54. The molecule has 0 aliphatic carbocycles. The Bertz CT molecular complexity index is 1080. The Morgan fingerprint density at radius 2 is 2.03 bits per heavy atom. The molecule has 1 atom stereocenters. The van der Waals surface area contributed by atoms with Crippen molar-refractivity contribution in [3.63, 3.8) is 0 Å². The van der Waals surface area contributed by atoms with Crippen molar-refractivity contribution in [3.8, 4) is 0 Å². The molecule has 1 N–H and O–H groups in total. The van der Waals surface area contributed by atoms with Gasteiger partial charge in [-0.2, -0.15) is 0 Å². The lowest BCUT2D eigenvalue weighted by Gasteiger charge is -2.20. The molecule has 1 amide bonds. The second kappa shape index (κ2) is 9.52. The van der Waals surface area contributed by atoms with Crippen LogP contribution < -0.4 is 16.6 Å². The third-order valence-corrected chi connectivity index (χ3v) is 6.13. The SMILES string of the molecule is CCCn1c(=O)n(C)c(=O)c2c(SCC(=O)NC[C@H]3CCCO3)nc(C(C)(C)C)nc21. The van der Waals surface area contributed by atoms with Gasteiger partial charge in [0.1, 0.15) is 16.2 Å². The maximum Gasteiger partial charge on any atom is 0.332 e. The molecule has 31 heavy (non-hydrogen) atoms. The van der Waals surface area contributed by atoms with Gasteiger partial charge in [0.25, 0.3) is 5.56 Å². The number of amides is 1. The topological polar surface area (TPSA) is 108 Å². The van der Waals surface area contributed by atoms with Gasteiger partial charge in [0, 0.05) is 32.2 Å². The number of carbonyl (C=O) groups excluding carboxylic acids is 1. The Morgan fingerprint density at radius 3 is 2.65 bits per heavy atom. The molecule has 10 heteroatoms. The first-order valence-corrected chi connectivity index (χ1v) is 11.6. The van der Waals surface area contributed by atoms with E-state index in [2.05, 4.69) is 15.3 Å². The van der Waals surface area contributed by atoms with Crippen molar-refractivity contribution < 1.29 is 9.53 Å². The fraction of sp³-hybridized carbons (Fsp3) is 0.667. The summed E-state index contributed by atoms with van der Waals surface area (Å²) in [7, 11) is 1.46. The number of hydrogen-bond acceptors (Lipinski definition) is 7. The van der Waals surface area contributed by atoms with Gasteiger partial charge in [0.05, 0.1) is 11.9 Å². The standard InChI is InChI=1S/C21H31N5O4S/c1-6-9-26-16-15(18(28)25(5)20(26)29)17(24-19(23-16)21(2,3)4)31-12-14(27)22-11-13-8-7-10-30-13/h13H,6-12H2,1-5H3,(H,22,27)/t13-/m1/s1. The summed E-state index contributed by atoms with van der Waals surface area (Å²) >= 11 is 1.19. The molecule has 1 aliphatic rings. The van der Waals surface area contributed by atoms with E-state index in [9.17, 15) is 14.4 Å². The zero-order chi connectivity index (χ0) is 22.8. The molecule has 1 aliphatic heterocycles. The Labute approximate surface area is 185 Å². The van der Waals surface area contributed by atoms with Crippen molar-refractivity contribution in [1.29, 1.82) is 0 Å². The Morgan fingerprint density at radius 1 is 1.29 bits per heavy atom. The molecule has 2 aromatic rings. The van der Waals surface area contributed by atoms with Gasteiger partial charge in [-0.05, 0) is 19.3 Å². The quantitative estimate of drug-likeness (QED) is 0.505. The maximum absolute atomic E-state index is 13.0. The lowest BCUT2D eigenvalue weighted by atomic mass is 9.96. The van der Waals surface area contributed by atoms with Gasteiger partial charge in [0.2, 0.25) is 5.91 Å². The molecule has 0 spiro atoms. The number of rotatable bonds is 7. The second-order valence-corrected chi connectivity index (χ2v) is 9.79. The number of nitrogens with zero attached hydrogens (tertiary/aromatic N) is 4. The van der Waals surface area contributed by atoms with E-state index in [0.717, 1.165) is 30.4 Å². The summed E-state index contributed by atoms with van der Waals surface area (Å²) in [5.74, 6) is 0.487. The molecule has 3 heterocycles. The highest BCUT2D eigenvalue weighted by Gasteiger charge is 2.25. The normalized spacial score (nSPS) is 16.7. The summed E-state index contributed by atoms with van der Waals surface area (Å²) in [6, 6.07) is 0. The largest absolute Gasteiger partial charge is 0.376 e. The van der Waals surface area contributed by atoms with Crippen molar-refractivity contribution in [3.05, 3.63) is 26.7 Å². The third-order valence-electron chi connectivity index (χ3n) is 5.16. The number of hydrogen-bond donors (Lipinski definition) is 1. The number of ether oxygens (including phenoxy) is 1. The van der Waals surface area contributed by atoms with Crippen molar-refractivity contribution >= 4 is 28.7 Å². The number of carbonyl (C=O) groups is 1. The zero-order valence-corrected chi connectivity index (χ0v) is 19.7. The first kappa shape index (κ1) is 23.5. The van der Waals surface area contributed by atoms with Crippen molar-refractivity contribution in [2.24, 2.45) is 7.05 Å². The molecule has 9 nitrogen and oxygen atoms in total. The van der Waals surface area contributed by atoms with Crippen LogP contribution in [0, 0.1) is 0 Å². The van der Waals surface area contributed by atoms with Crippen LogP contribution in [0.4, 0.5) is 0 Å². The van der Waals surface area contributed by atoms with Crippen LogP contribution in [0.2, 0.25) is 0 Å². The molecule has 1 saturated heterocycles. The number of nitrogens with one attached hydrogen (secondary N) is 1. The van der Waals surface area contributed by atoms with E-state index >= 15 is 0 Å². The summed E-state index contributed by atoms with van der Waals surface area (Å²) in [6.07, 6.45) is 2.75. The van der Waals surface area contributed by atoms with Gasteiger partial charge in [-0.1, -0.05) is 39.5 Å². The lowest BCUT2D eigenvalue weighted by Crippen LogP contribution is -2.39. The summed E-state index contributed by atoms with van der Waals surface area (Å²) in [5, 5.41) is 3.59. The van der Waals surface area contributed by atoms with Crippen LogP contribution in [0.5, 0.6) is 0 Å². The second-order valence-electron chi connectivity index (χ2n) is 8.83. The lowest BCUT2D eigenvalue weighted by molar-refractivity contribution is -0.119. The predicted molar refractivity (Wildman–Crippen MR) is 121 cm³/mol.